The molecule has 4 aromatic rings. The Hall–Kier alpha value is -2.72. The number of hydrogen-bond acceptors (Lipinski definition) is 3. The normalized spacial score (nSPS) is 13.0. The topological polar surface area (TPSA) is 31.9 Å². The number of fused-ring (bicyclic) bond motifs is 3. The molecule has 3 nitrogen and oxygen atoms in total. The SMILES string of the molecule is c1ccc2c(c1)Sc1ccccc1N2c1ccc2[nH]cnc2c1. The number of anilines is 3. The zero-order chi connectivity index (χ0) is 15.2. The minimum atomic E-state index is 0.982. The smallest absolute Gasteiger partial charge is 0.0931 e. The maximum atomic E-state index is 4.40. The van der Waals surface area contributed by atoms with Gasteiger partial charge in [-0.3, -0.25) is 0 Å². The summed E-state index contributed by atoms with van der Waals surface area (Å²) in [6.45, 7) is 0. The van der Waals surface area contributed by atoms with Crippen LogP contribution < -0.4 is 4.90 Å². The molecule has 0 amide bonds. The minimum Gasteiger partial charge on any atom is -0.345 e. The fourth-order valence-electron chi connectivity index (χ4n) is 3.04. The van der Waals surface area contributed by atoms with Crippen molar-refractivity contribution >= 4 is 39.9 Å². The molecule has 0 saturated carbocycles. The molecular formula is C19H13N3S. The van der Waals surface area contributed by atoms with Crippen molar-refractivity contribution in [3.05, 3.63) is 73.1 Å². The van der Waals surface area contributed by atoms with E-state index < -0.39 is 0 Å². The summed E-state index contributed by atoms with van der Waals surface area (Å²) >= 11 is 1.82. The van der Waals surface area contributed by atoms with Gasteiger partial charge in [-0.2, -0.15) is 0 Å². The Morgan fingerprint density at radius 2 is 1.52 bits per heavy atom. The molecule has 0 aliphatic carbocycles. The van der Waals surface area contributed by atoms with Crippen molar-refractivity contribution in [1.82, 2.24) is 9.97 Å². The number of H-pyrrole nitrogens is 1. The van der Waals surface area contributed by atoms with Crippen molar-refractivity contribution in [3.63, 3.8) is 0 Å². The summed E-state index contributed by atoms with van der Waals surface area (Å²) in [5.41, 5.74) is 5.60. The highest BCUT2D eigenvalue weighted by Gasteiger charge is 2.24. The van der Waals surface area contributed by atoms with Gasteiger partial charge in [0.05, 0.1) is 28.7 Å². The molecule has 0 fully saturated rings. The second kappa shape index (κ2) is 4.89. The van der Waals surface area contributed by atoms with Gasteiger partial charge in [-0.25, -0.2) is 4.98 Å². The Labute approximate surface area is 138 Å². The van der Waals surface area contributed by atoms with E-state index in [-0.39, 0.29) is 0 Å². The summed E-state index contributed by atoms with van der Waals surface area (Å²) in [5, 5.41) is 0. The lowest BCUT2D eigenvalue weighted by Crippen LogP contribution is -2.14. The molecule has 1 aliphatic rings. The lowest BCUT2D eigenvalue weighted by Gasteiger charge is -2.32. The van der Waals surface area contributed by atoms with Crippen LogP contribution in [-0.4, -0.2) is 9.97 Å². The number of benzene rings is 3. The van der Waals surface area contributed by atoms with Crippen molar-refractivity contribution in [2.75, 3.05) is 4.90 Å². The standard InChI is InChI=1S/C19H13N3S/c1-3-7-18-16(5-1)22(17-6-2-4-8-19(17)23-18)13-9-10-14-15(11-13)21-12-20-14/h1-12H,(H,20,21). The van der Waals surface area contributed by atoms with Crippen LogP contribution in [-0.2, 0) is 0 Å². The van der Waals surface area contributed by atoms with Gasteiger partial charge < -0.3 is 9.88 Å². The van der Waals surface area contributed by atoms with Crippen molar-refractivity contribution in [2.24, 2.45) is 0 Å². The molecule has 0 radical (unpaired) electrons. The molecule has 0 bridgehead atoms. The zero-order valence-electron chi connectivity index (χ0n) is 12.2. The van der Waals surface area contributed by atoms with Gasteiger partial charge in [-0.15, -0.1) is 0 Å². The van der Waals surface area contributed by atoms with Gasteiger partial charge in [-0.1, -0.05) is 36.0 Å². The molecule has 0 unspecified atom stereocenters. The molecule has 2 heterocycles. The Bertz CT molecular complexity index is 976. The lowest BCUT2D eigenvalue weighted by molar-refractivity contribution is 1.17. The maximum absolute atomic E-state index is 4.40. The number of aromatic nitrogens is 2. The lowest BCUT2D eigenvalue weighted by atomic mass is 10.1. The second-order valence-corrected chi connectivity index (χ2v) is 6.56. The maximum Gasteiger partial charge on any atom is 0.0931 e. The molecule has 5 rings (SSSR count). The first-order chi connectivity index (χ1) is 11.4. The van der Waals surface area contributed by atoms with Crippen molar-refractivity contribution in [3.8, 4) is 0 Å². The molecule has 0 spiro atoms. The largest absolute Gasteiger partial charge is 0.345 e. The first kappa shape index (κ1) is 12.8. The quantitative estimate of drug-likeness (QED) is 0.443. The summed E-state index contributed by atoms with van der Waals surface area (Å²) in [6.07, 6.45) is 1.74. The second-order valence-electron chi connectivity index (χ2n) is 5.48. The number of aromatic amines is 1. The molecular weight excluding hydrogens is 302 g/mol. The van der Waals surface area contributed by atoms with Crippen LogP contribution >= 0.6 is 11.8 Å². The fourth-order valence-corrected chi connectivity index (χ4v) is 4.10. The van der Waals surface area contributed by atoms with Crippen LogP contribution in [0.25, 0.3) is 11.0 Å². The van der Waals surface area contributed by atoms with Gasteiger partial charge in [-0.05, 0) is 42.5 Å². The summed E-state index contributed by atoms with van der Waals surface area (Å²) in [5.74, 6) is 0. The van der Waals surface area contributed by atoms with Gasteiger partial charge in [0.2, 0.25) is 0 Å². The van der Waals surface area contributed by atoms with E-state index in [1.54, 1.807) is 6.33 Å². The third kappa shape index (κ3) is 1.95. The van der Waals surface area contributed by atoms with Gasteiger partial charge in [0, 0.05) is 15.5 Å². The van der Waals surface area contributed by atoms with Gasteiger partial charge in [0.1, 0.15) is 0 Å². The predicted octanol–water partition coefficient (Wildman–Crippen LogP) is 5.50. The van der Waals surface area contributed by atoms with Crippen LogP contribution in [0.4, 0.5) is 17.1 Å². The number of nitrogens with zero attached hydrogens (tertiary/aromatic N) is 2. The Kier molecular flexibility index (Phi) is 2.72. The molecule has 1 aliphatic heterocycles. The van der Waals surface area contributed by atoms with E-state index in [1.807, 2.05) is 11.8 Å². The summed E-state index contributed by atoms with van der Waals surface area (Å²) < 4.78 is 0. The van der Waals surface area contributed by atoms with Crippen LogP contribution in [0.1, 0.15) is 0 Å². The molecule has 1 aromatic heterocycles. The van der Waals surface area contributed by atoms with Gasteiger partial charge >= 0.3 is 0 Å². The van der Waals surface area contributed by atoms with E-state index >= 15 is 0 Å². The number of imidazole rings is 1. The average Bonchev–Trinajstić information content (AvgIpc) is 3.07. The van der Waals surface area contributed by atoms with Crippen LogP contribution in [0.15, 0.2) is 82.8 Å². The van der Waals surface area contributed by atoms with E-state index in [2.05, 4.69) is 81.6 Å². The number of rotatable bonds is 1. The highest BCUT2D eigenvalue weighted by Crippen LogP contribution is 2.51. The van der Waals surface area contributed by atoms with Crippen LogP contribution in [0, 0.1) is 0 Å². The first-order valence-electron chi connectivity index (χ1n) is 7.49. The number of hydrogen-bond donors (Lipinski definition) is 1. The van der Waals surface area contributed by atoms with Crippen LogP contribution in [0.3, 0.4) is 0 Å². The van der Waals surface area contributed by atoms with E-state index in [0.29, 0.717) is 0 Å². The van der Waals surface area contributed by atoms with Gasteiger partial charge in [0.25, 0.3) is 0 Å². The molecule has 4 heteroatoms. The number of para-hydroxylation sites is 2. The zero-order valence-corrected chi connectivity index (χ0v) is 13.0. The highest BCUT2D eigenvalue weighted by atomic mass is 32.2. The molecule has 110 valence electrons. The predicted molar refractivity (Wildman–Crippen MR) is 94.9 cm³/mol. The molecule has 0 saturated heterocycles. The molecule has 3 aromatic carbocycles. The molecule has 1 N–H and O–H groups in total. The third-order valence-corrected chi connectivity index (χ3v) is 5.23. The minimum absolute atomic E-state index is 0.982. The van der Waals surface area contributed by atoms with E-state index in [1.165, 1.54) is 21.2 Å². The van der Waals surface area contributed by atoms with Crippen LogP contribution in [0.2, 0.25) is 0 Å². The van der Waals surface area contributed by atoms with Crippen LogP contribution in [0.5, 0.6) is 0 Å². The third-order valence-electron chi connectivity index (χ3n) is 4.10. The molecule has 0 atom stereocenters. The Morgan fingerprint density at radius 3 is 2.26 bits per heavy atom. The van der Waals surface area contributed by atoms with Crippen molar-refractivity contribution < 1.29 is 0 Å². The summed E-state index contributed by atoms with van der Waals surface area (Å²) in [6, 6.07) is 23.4. The van der Waals surface area contributed by atoms with E-state index in [0.717, 1.165) is 16.7 Å². The monoisotopic (exact) mass is 315 g/mol. The molecule has 23 heavy (non-hydrogen) atoms. The van der Waals surface area contributed by atoms with E-state index in [9.17, 15) is 0 Å². The van der Waals surface area contributed by atoms with Crippen molar-refractivity contribution in [1.29, 1.82) is 0 Å². The van der Waals surface area contributed by atoms with Crippen molar-refractivity contribution in [2.45, 2.75) is 9.79 Å². The highest BCUT2D eigenvalue weighted by molar-refractivity contribution is 7.99. The average molecular weight is 315 g/mol. The van der Waals surface area contributed by atoms with E-state index in [4.69, 9.17) is 0 Å². The van der Waals surface area contributed by atoms with Gasteiger partial charge in [0.15, 0.2) is 0 Å². The number of nitrogens with one attached hydrogen (secondary N) is 1. The Morgan fingerprint density at radius 1 is 0.826 bits per heavy atom. The Balaban J connectivity index is 1.78. The summed E-state index contributed by atoms with van der Waals surface area (Å²) in [4.78, 5) is 12.4. The summed E-state index contributed by atoms with van der Waals surface area (Å²) in [7, 11) is 0. The first-order valence-corrected chi connectivity index (χ1v) is 8.31. The fraction of sp³-hybridized carbons (Fsp3) is 0.